The molecule has 7 heteroatoms. The van der Waals surface area contributed by atoms with E-state index in [4.69, 9.17) is 4.52 Å². The molecular formula is C21H30N6O. The lowest BCUT2D eigenvalue weighted by molar-refractivity contribution is 0.368. The van der Waals surface area contributed by atoms with Crippen molar-refractivity contribution in [2.24, 2.45) is 4.99 Å². The van der Waals surface area contributed by atoms with Gasteiger partial charge in [0.05, 0.1) is 0 Å². The van der Waals surface area contributed by atoms with Crippen molar-refractivity contribution >= 4 is 16.9 Å². The van der Waals surface area contributed by atoms with E-state index in [1.807, 2.05) is 0 Å². The Hall–Kier alpha value is -2.83. The summed E-state index contributed by atoms with van der Waals surface area (Å²) in [5.74, 6) is 2.59. The summed E-state index contributed by atoms with van der Waals surface area (Å²) in [6.07, 6.45) is 4.86. The minimum Gasteiger partial charge on any atom is -0.356 e. The highest BCUT2D eigenvalue weighted by Gasteiger charge is 2.09. The molecule has 0 unspecified atom stereocenters. The number of aryl methyl sites for hydroxylation is 2. The van der Waals surface area contributed by atoms with Gasteiger partial charge in [0.1, 0.15) is 0 Å². The first-order chi connectivity index (χ1) is 13.7. The number of benzene rings is 1. The molecule has 3 aromatic rings. The van der Waals surface area contributed by atoms with Crippen molar-refractivity contribution in [3.05, 3.63) is 48.2 Å². The fraction of sp³-hybridized carbons (Fsp3) is 0.476. The number of aliphatic imine (C=N–C) groups is 1. The molecule has 0 spiro atoms. The van der Waals surface area contributed by atoms with Crippen LogP contribution in [0.1, 0.15) is 44.3 Å². The SMILES string of the molecule is CN=C(NCCCc1nc(C(C)C)no1)NCCCn1ccc2ccccc21. The van der Waals surface area contributed by atoms with Crippen molar-refractivity contribution in [1.82, 2.24) is 25.3 Å². The van der Waals surface area contributed by atoms with Gasteiger partial charge < -0.3 is 19.7 Å². The lowest BCUT2D eigenvalue weighted by Gasteiger charge is -2.12. The zero-order valence-electron chi connectivity index (χ0n) is 17.0. The van der Waals surface area contributed by atoms with Gasteiger partial charge in [0.25, 0.3) is 0 Å². The monoisotopic (exact) mass is 382 g/mol. The molecule has 28 heavy (non-hydrogen) atoms. The van der Waals surface area contributed by atoms with E-state index in [0.29, 0.717) is 11.8 Å². The summed E-state index contributed by atoms with van der Waals surface area (Å²) in [4.78, 5) is 8.68. The van der Waals surface area contributed by atoms with E-state index >= 15 is 0 Å². The van der Waals surface area contributed by atoms with Crippen LogP contribution < -0.4 is 10.6 Å². The first-order valence-electron chi connectivity index (χ1n) is 9.98. The molecule has 0 atom stereocenters. The maximum Gasteiger partial charge on any atom is 0.226 e. The average molecular weight is 383 g/mol. The predicted molar refractivity (Wildman–Crippen MR) is 113 cm³/mol. The molecule has 0 aliphatic rings. The molecule has 2 heterocycles. The van der Waals surface area contributed by atoms with E-state index in [0.717, 1.165) is 50.7 Å². The molecule has 0 saturated heterocycles. The molecule has 0 aliphatic heterocycles. The highest BCUT2D eigenvalue weighted by atomic mass is 16.5. The molecule has 0 bridgehead atoms. The van der Waals surface area contributed by atoms with Gasteiger partial charge in [-0.25, -0.2) is 0 Å². The molecule has 3 rings (SSSR count). The van der Waals surface area contributed by atoms with Crippen LogP contribution in [0.5, 0.6) is 0 Å². The Morgan fingerprint density at radius 2 is 1.93 bits per heavy atom. The number of aromatic nitrogens is 3. The number of nitrogens with zero attached hydrogens (tertiary/aromatic N) is 4. The molecule has 7 nitrogen and oxygen atoms in total. The summed E-state index contributed by atoms with van der Waals surface area (Å²) in [6.45, 7) is 6.77. The van der Waals surface area contributed by atoms with Gasteiger partial charge in [-0.05, 0) is 30.4 Å². The Balaban J connectivity index is 1.33. The molecule has 1 aromatic carbocycles. The van der Waals surface area contributed by atoms with Crippen molar-refractivity contribution in [3.8, 4) is 0 Å². The third-order valence-corrected chi connectivity index (χ3v) is 4.63. The lowest BCUT2D eigenvalue weighted by atomic mass is 10.2. The second-order valence-electron chi connectivity index (χ2n) is 7.15. The molecule has 0 amide bonds. The predicted octanol–water partition coefficient (Wildman–Crippen LogP) is 3.34. The van der Waals surface area contributed by atoms with Crippen LogP contribution in [-0.4, -0.2) is 40.8 Å². The Labute approximate surface area is 166 Å². The molecule has 2 aromatic heterocycles. The number of hydrogen-bond acceptors (Lipinski definition) is 4. The second-order valence-corrected chi connectivity index (χ2v) is 7.15. The van der Waals surface area contributed by atoms with Crippen molar-refractivity contribution in [3.63, 3.8) is 0 Å². The van der Waals surface area contributed by atoms with E-state index in [1.54, 1.807) is 7.05 Å². The van der Waals surface area contributed by atoms with E-state index in [2.05, 4.69) is 80.7 Å². The van der Waals surface area contributed by atoms with Gasteiger partial charge in [-0.15, -0.1) is 0 Å². The molecule has 0 radical (unpaired) electrons. The van der Waals surface area contributed by atoms with Crippen molar-refractivity contribution in [2.75, 3.05) is 20.1 Å². The van der Waals surface area contributed by atoms with Crippen LogP contribution in [-0.2, 0) is 13.0 Å². The fourth-order valence-electron chi connectivity index (χ4n) is 3.06. The molecule has 2 N–H and O–H groups in total. The molecule has 150 valence electrons. The third-order valence-electron chi connectivity index (χ3n) is 4.63. The zero-order chi connectivity index (χ0) is 19.8. The standard InChI is InChI=1S/C21H30N6O/c1-16(2)20-25-19(28-26-20)10-6-12-23-21(22-3)24-13-7-14-27-15-11-17-8-4-5-9-18(17)27/h4-5,8-9,11,15-16H,6-7,10,12-14H2,1-3H3,(H2,22,23,24). The van der Waals surface area contributed by atoms with Gasteiger partial charge in [0.15, 0.2) is 11.8 Å². The van der Waals surface area contributed by atoms with Gasteiger partial charge in [-0.2, -0.15) is 4.98 Å². The smallest absolute Gasteiger partial charge is 0.226 e. The molecule has 0 aliphatic carbocycles. The van der Waals surface area contributed by atoms with Crippen LogP contribution >= 0.6 is 0 Å². The van der Waals surface area contributed by atoms with Crippen LogP contribution in [0.3, 0.4) is 0 Å². The third kappa shape index (κ3) is 5.34. The summed E-state index contributed by atoms with van der Waals surface area (Å²) in [5, 5.41) is 12.0. The van der Waals surface area contributed by atoms with Crippen LogP contribution in [0, 0.1) is 0 Å². The average Bonchev–Trinajstić information content (AvgIpc) is 3.34. The number of para-hydroxylation sites is 1. The summed E-state index contributed by atoms with van der Waals surface area (Å²) in [7, 11) is 1.79. The highest BCUT2D eigenvalue weighted by molar-refractivity contribution is 5.80. The number of fused-ring (bicyclic) bond motifs is 1. The van der Waals surface area contributed by atoms with Gasteiger partial charge in [-0.3, -0.25) is 4.99 Å². The van der Waals surface area contributed by atoms with E-state index < -0.39 is 0 Å². The van der Waals surface area contributed by atoms with Gasteiger partial charge >= 0.3 is 0 Å². The molecular weight excluding hydrogens is 352 g/mol. The Morgan fingerprint density at radius 3 is 2.68 bits per heavy atom. The number of hydrogen-bond donors (Lipinski definition) is 2. The number of nitrogens with one attached hydrogen (secondary N) is 2. The quantitative estimate of drug-likeness (QED) is 0.337. The van der Waals surface area contributed by atoms with Crippen molar-refractivity contribution in [1.29, 1.82) is 0 Å². The first kappa shape index (κ1) is 19.9. The van der Waals surface area contributed by atoms with Crippen LogP contribution in [0.2, 0.25) is 0 Å². The summed E-state index contributed by atoms with van der Waals surface area (Å²) >= 11 is 0. The Morgan fingerprint density at radius 1 is 1.14 bits per heavy atom. The maximum absolute atomic E-state index is 5.27. The normalized spacial score (nSPS) is 12.1. The van der Waals surface area contributed by atoms with Gasteiger partial charge in [-0.1, -0.05) is 37.2 Å². The van der Waals surface area contributed by atoms with Crippen molar-refractivity contribution < 1.29 is 4.52 Å². The number of guanidine groups is 1. The van der Waals surface area contributed by atoms with Crippen LogP contribution in [0.15, 0.2) is 46.0 Å². The summed E-state index contributed by atoms with van der Waals surface area (Å²) in [5.41, 5.74) is 1.28. The first-order valence-corrected chi connectivity index (χ1v) is 9.98. The summed E-state index contributed by atoms with van der Waals surface area (Å²) in [6, 6.07) is 10.6. The Bertz CT molecular complexity index is 895. The van der Waals surface area contributed by atoms with Gasteiger partial charge in [0, 0.05) is 50.7 Å². The minimum atomic E-state index is 0.295. The lowest BCUT2D eigenvalue weighted by Crippen LogP contribution is -2.38. The van der Waals surface area contributed by atoms with Crippen molar-refractivity contribution in [2.45, 2.75) is 45.6 Å². The van der Waals surface area contributed by atoms with Gasteiger partial charge in [0.2, 0.25) is 5.89 Å². The van der Waals surface area contributed by atoms with Crippen LogP contribution in [0.25, 0.3) is 10.9 Å². The summed E-state index contributed by atoms with van der Waals surface area (Å²) < 4.78 is 7.56. The van der Waals surface area contributed by atoms with Crippen LogP contribution in [0.4, 0.5) is 0 Å². The maximum atomic E-state index is 5.27. The van der Waals surface area contributed by atoms with E-state index in [-0.39, 0.29) is 0 Å². The zero-order valence-corrected chi connectivity index (χ0v) is 17.0. The molecule has 0 fully saturated rings. The second kappa shape index (κ2) is 9.92. The fourth-order valence-corrected chi connectivity index (χ4v) is 3.06. The minimum absolute atomic E-state index is 0.295. The Kier molecular flexibility index (Phi) is 7.06. The number of rotatable bonds is 9. The topological polar surface area (TPSA) is 80.3 Å². The highest BCUT2D eigenvalue weighted by Crippen LogP contribution is 2.15. The molecule has 0 saturated carbocycles. The largest absolute Gasteiger partial charge is 0.356 e. The van der Waals surface area contributed by atoms with E-state index in [9.17, 15) is 0 Å². The van der Waals surface area contributed by atoms with E-state index in [1.165, 1.54) is 10.9 Å².